The van der Waals surface area contributed by atoms with Crippen LogP contribution in [0.5, 0.6) is 5.75 Å². The smallest absolute Gasteiger partial charge is 0.264 e. The van der Waals surface area contributed by atoms with Crippen LogP contribution < -0.4 is 10.1 Å². The Morgan fingerprint density at radius 2 is 1.73 bits per heavy atom. The number of hydrogen-bond donors (Lipinski definition) is 1. The maximum Gasteiger partial charge on any atom is 0.264 e. The van der Waals surface area contributed by atoms with Gasteiger partial charge in [-0.1, -0.05) is 47.5 Å². The van der Waals surface area contributed by atoms with Gasteiger partial charge in [-0.15, -0.1) is 0 Å². The average molecular weight is 491 g/mol. The van der Waals surface area contributed by atoms with Crippen LogP contribution in [0.25, 0.3) is 0 Å². The molecule has 4 rings (SSSR count). The van der Waals surface area contributed by atoms with Gasteiger partial charge in [-0.2, -0.15) is 0 Å². The van der Waals surface area contributed by atoms with Gasteiger partial charge in [-0.3, -0.25) is 9.59 Å². The molecule has 3 aromatic carbocycles. The van der Waals surface area contributed by atoms with E-state index in [4.69, 9.17) is 27.9 Å². The van der Waals surface area contributed by atoms with Crippen LogP contribution in [0.1, 0.15) is 24.1 Å². The van der Waals surface area contributed by atoms with E-state index in [0.29, 0.717) is 5.69 Å². The molecule has 1 N–H and O–H groups in total. The maximum atomic E-state index is 14.5. The lowest BCUT2D eigenvalue weighted by Gasteiger charge is -2.30. The summed E-state index contributed by atoms with van der Waals surface area (Å²) in [5.41, 5.74) is 0.322. The molecule has 3 aromatic rings. The number of para-hydroxylation sites is 1. The summed E-state index contributed by atoms with van der Waals surface area (Å²) >= 11 is 12.5. The highest BCUT2D eigenvalue weighted by Gasteiger charge is 2.41. The summed E-state index contributed by atoms with van der Waals surface area (Å²) in [6, 6.07) is 13.5. The molecule has 0 radical (unpaired) electrons. The number of ether oxygens (including phenoxy) is 1. The Morgan fingerprint density at radius 3 is 2.39 bits per heavy atom. The lowest BCUT2D eigenvalue weighted by Crippen LogP contribution is -2.44. The first-order chi connectivity index (χ1) is 15.8. The molecule has 5 nitrogen and oxygen atoms in total. The second-order valence-electron chi connectivity index (χ2n) is 7.49. The number of anilines is 1. The highest BCUT2D eigenvalue weighted by atomic mass is 35.5. The van der Waals surface area contributed by atoms with Crippen LogP contribution in [0.3, 0.4) is 0 Å². The number of fused-ring (bicyclic) bond motifs is 1. The van der Waals surface area contributed by atoms with Crippen LogP contribution in [-0.4, -0.2) is 22.8 Å². The zero-order valence-corrected chi connectivity index (χ0v) is 18.8. The van der Waals surface area contributed by atoms with E-state index in [1.54, 1.807) is 30.3 Å². The van der Waals surface area contributed by atoms with E-state index in [0.717, 1.165) is 17.0 Å². The molecular weight excluding hydrogens is 473 g/mol. The summed E-state index contributed by atoms with van der Waals surface area (Å²) in [5, 5.41) is 3.05. The van der Waals surface area contributed by atoms with Crippen molar-refractivity contribution in [1.82, 2.24) is 4.90 Å². The third kappa shape index (κ3) is 4.65. The summed E-state index contributed by atoms with van der Waals surface area (Å²) < 4.78 is 34.7. The normalized spacial score (nSPS) is 17.7. The van der Waals surface area contributed by atoms with E-state index >= 15 is 0 Å². The predicted octanol–water partition coefficient (Wildman–Crippen LogP) is 5.76. The van der Waals surface area contributed by atoms with Crippen LogP contribution in [0.2, 0.25) is 10.0 Å². The molecule has 2 atom stereocenters. The molecular formula is C24H18Cl2F2N2O3. The second-order valence-corrected chi connectivity index (χ2v) is 8.33. The number of halogens is 4. The van der Waals surface area contributed by atoms with Crippen molar-refractivity contribution in [3.05, 3.63) is 93.5 Å². The van der Waals surface area contributed by atoms with Gasteiger partial charge < -0.3 is 15.0 Å². The minimum absolute atomic E-state index is 0.103. The molecule has 0 saturated heterocycles. The van der Waals surface area contributed by atoms with E-state index in [-0.39, 0.29) is 26.9 Å². The maximum absolute atomic E-state index is 14.5. The van der Waals surface area contributed by atoms with Gasteiger partial charge in [0, 0.05) is 21.8 Å². The molecule has 0 spiro atoms. The van der Waals surface area contributed by atoms with E-state index in [9.17, 15) is 18.4 Å². The van der Waals surface area contributed by atoms with Gasteiger partial charge >= 0.3 is 0 Å². The van der Waals surface area contributed by atoms with Crippen molar-refractivity contribution >= 4 is 40.7 Å². The first kappa shape index (κ1) is 23.0. The number of carbonyl (C=O) groups is 2. The van der Waals surface area contributed by atoms with E-state index in [1.807, 2.05) is 0 Å². The summed E-state index contributed by atoms with van der Waals surface area (Å²) in [6.07, 6.45) is -1.08. The second kappa shape index (κ2) is 9.37. The zero-order chi connectivity index (χ0) is 23.7. The first-order valence-corrected chi connectivity index (χ1v) is 10.8. The number of hydrogen-bond acceptors (Lipinski definition) is 3. The van der Waals surface area contributed by atoms with E-state index in [2.05, 4.69) is 5.32 Å². The first-order valence-electron chi connectivity index (χ1n) is 10.0. The number of benzene rings is 3. The number of amides is 2. The van der Waals surface area contributed by atoms with Crippen molar-refractivity contribution in [2.75, 3.05) is 5.32 Å². The van der Waals surface area contributed by atoms with Gasteiger partial charge in [-0.05, 0) is 43.3 Å². The van der Waals surface area contributed by atoms with Crippen molar-refractivity contribution in [1.29, 1.82) is 0 Å². The van der Waals surface area contributed by atoms with Crippen LogP contribution in [0.15, 0.2) is 60.7 Å². The fourth-order valence-electron chi connectivity index (χ4n) is 3.70. The fraction of sp³-hybridized carbons (Fsp3) is 0.167. The third-order valence-electron chi connectivity index (χ3n) is 5.25. The zero-order valence-electron chi connectivity index (χ0n) is 17.3. The van der Waals surface area contributed by atoms with Crippen molar-refractivity contribution in [2.45, 2.75) is 25.6 Å². The molecule has 170 valence electrons. The molecule has 1 aliphatic heterocycles. The molecule has 0 aromatic heterocycles. The van der Waals surface area contributed by atoms with Gasteiger partial charge in [-0.25, -0.2) is 8.78 Å². The molecule has 0 bridgehead atoms. The monoisotopic (exact) mass is 490 g/mol. The minimum Gasteiger partial charge on any atom is -0.479 e. The highest BCUT2D eigenvalue weighted by molar-refractivity contribution is 6.35. The third-order valence-corrected chi connectivity index (χ3v) is 5.75. The molecule has 1 aliphatic rings. The molecule has 0 aliphatic carbocycles. The Hall–Kier alpha value is -3.16. The van der Waals surface area contributed by atoms with E-state index < -0.39 is 42.1 Å². The van der Waals surface area contributed by atoms with Gasteiger partial charge in [0.05, 0.1) is 11.6 Å². The number of rotatable bonds is 4. The predicted molar refractivity (Wildman–Crippen MR) is 121 cm³/mol. The summed E-state index contributed by atoms with van der Waals surface area (Å²) in [4.78, 5) is 27.9. The van der Waals surface area contributed by atoms with Gasteiger partial charge in [0.2, 0.25) is 0 Å². The van der Waals surface area contributed by atoms with Gasteiger partial charge in [0.1, 0.15) is 23.4 Å². The van der Waals surface area contributed by atoms with Crippen LogP contribution in [-0.2, 0) is 16.1 Å². The Kier molecular flexibility index (Phi) is 6.54. The molecule has 1 heterocycles. The van der Waals surface area contributed by atoms with Crippen molar-refractivity contribution < 1.29 is 23.1 Å². The highest BCUT2D eigenvalue weighted by Crippen LogP contribution is 2.42. The Morgan fingerprint density at radius 1 is 1.06 bits per heavy atom. The van der Waals surface area contributed by atoms with Crippen molar-refractivity contribution in [3.63, 3.8) is 0 Å². The van der Waals surface area contributed by atoms with Crippen molar-refractivity contribution in [2.24, 2.45) is 0 Å². The molecule has 0 fully saturated rings. The SMILES string of the molecule is CC1Oc2c(Cl)cc(Cl)cc2C(C(=O)Nc2ccccc2)N(Cc2c(F)cccc2F)C1=O. The topological polar surface area (TPSA) is 58.6 Å². The van der Waals surface area contributed by atoms with Gasteiger partial charge in [0.15, 0.2) is 6.10 Å². The minimum atomic E-state index is -1.33. The number of carbonyl (C=O) groups excluding carboxylic acids is 2. The van der Waals surface area contributed by atoms with Crippen LogP contribution >= 0.6 is 23.2 Å². The van der Waals surface area contributed by atoms with Crippen molar-refractivity contribution in [3.8, 4) is 5.75 Å². The Labute approximate surface area is 198 Å². The number of nitrogens with zero attached hydrogens (tertiary/aromatic N) is 1. The van der Waals surface area contributed by atoms with Crippen LogP contribution in [0.4, 0.5) is 14.5 Å². The molecule has 9 heteroatoms. The molecule has 0 saturated carbocycles. The van der Waals surface area contributed by atoms with Gasteiger partial charge in [0.25, 0.3) is 11.8 Å². The molecule has 2 amide bonds. The molecule has 2 unspecified atom stereocenters. The molecule has 33 heavy (non-hydrogen) atoms. The summed E-state index contributed by atoms with van der Waals surface area (Å²) in [6.45, 7) is 0.959. The van der Waals surface area contributed by atoms with Crippen LogP contribution in [0, 0.1) is 11.6 Å². The fourth-order valence-corrected chi connectivity index (χ4v) is 4.26. The Bertz CT molecular complexity index is 1200. The Balaban J connectivity index is 1.86. The standard InChI is InChI=1S/C24H18Cl2F2N2O3/c1-13-24(32)30(12-17-19(27)8-5-9-20(17)28)21(23(31)29-15-6-3-2-4-7-15)16-10-14(25)11-18(26)22(16)33-13/h2-11,13,21H,12H2,1H3,(H,29,31). The quantitative estimate of drug-likeness (QED) is 0.505. The number of nitrogens with one attached hydrogen (secondary N) is 1. The van der Waals surface area contributed by atoms with E-state index in [1.165, 1.54) is 25.1 Å². The average Bonchev–Trinajstić information content (AvgIpc) is 2.87. The summed E-state index contributed by atoms with van der Waals surface area (Å²) in [7, 11) is 0. The largest absolute Gasteiger partial charge is 0.479 e. The lowest BCUT2D eigenvalue weighted by atomic mass is 10.0. The summed E-state index contributed by atoms with van der Waals surface area (Å²) in [5.74, 6) is -2.84. The lowest BCUT2D eigenvalue weighted by molar-refractivity contribution is -0.143.